The Kier molecular flexibility index (Phi) is 10.3. The van der Waals surface area contributed by atoms with Crippen LogP contribution in [-0.2, 0) is 14.4 Å². The van der Waals surface area contributed by atoms with Gasteiger partial charge in [-0.2, -0.15) is 0 Å². The van der Waals surface area contributed by atoms with E-state index in [9.17, 15) is 19.5 Å². The van der Waals surface area contributed by atoms with E-state index in [0.717, 1.165) is 24.5 Å². The number of hydrogen-bond acceptors (Lipinski definition) is 6. The van der Waals surface area contributed by atoms with E-state index in [1.807, 2.05) is 24.3 Å². The molecule has 0 aliphatic carbocycles. The fraction of sp³-hybridized carbons (Fsp3) is 0.581. The van der Waals surface area contributed by atoms with Crippen LogP contribution in [0, 0.1) is 11.8 Å². The number of amides is 3. The lowest BCUT2D eigenvalue weighted by Gasteiger charge is -2.38. The summed E-state index contributed by atoms with van der Waals surface area (Å²) in [6.07, 6.45) is 5.13. The van der Waals surface area contributed by atoms with Crippen LogP contribution in [0.25, 0.3) is 0 Å². The Morgan fingerprint density at radius 3 is 2.32 bits per heavy atom. The summed E-state index contributed by atoms with van der Waals surface area (Å²) in [6, 6.07) is 7.25. The van der Waals surface area contributed by atoms with E-state index < -0.39 is 22.6 Å². The lowest BCUT2D eigenvalue weighted by molar-refractivity contribution is -0.143. The fourth-order valence-corrected chi connectivity index (χ4v) is 10.5. The number of halogens is 1. The third-order valence-corrected chi connectivity index (χ3v) is 12.0. The number of aliphatic hydroxyl groups is 1. The molecular weight excluding hydrogens is 604 g/mol. The molecule has 2 bridgehead atoms. The number of likely N-dealkylation sites (tertiary alicyclic amines) is 1. The zero-order valence-electron chi connectivity index (χ0n) is 24.4. The second kappa shape index (κ2) is 13.3. The Morgan fingerprint density at radius 2 is 1.73 bits per heavy atom. The number of aliphatic hydroxyl groups excluding tert-OH is 1. The van der Waals surface area contributed by atoms with Crippen LogP contribution in [0.1, 0.15) is 33.1 Å². The second-order valence-electron chi connectivity index (χ2n) is 11.1. The molecule has 0 radical (unpaired) electrons. The molecule has 6 atom stereocenters. The predicted molar refractivity (Wildman–Crippen MR) is 171 cm³/mol. The van der Waals surface area contributed by atoms with Gasteiger partial charge in [0.05, 0.1) is 16.6 Å². The fourth-order valence-electron chi connectivity index (χ4n) is 6.90. The minimum Gasteiger partial charge on any atom is -0.396 e. The smallest absolute Gasteiger partial charge is 0.251 e. The predicted octanol–water partition coefficient (Wildman–Crippen LogP) is 3.93. The maximum absolute atomic E-state index is 14.7. The van der Waals surface area contributed by atoms with Crippen LogP contribution >= 0.6 is 27.7 Å². The molecule has 3 aliphatic heterocycles. The van der Waals surface area contributed by atoms with Crippen molar-refractivity contribution in [3.63, 3.8) is 0 Å². The van der Waals surface area contributed by atoms with Crippen LogP contribution in [0.2, 0.25) is 0 Å². The molecule has 8 nitrogen and oxygen atoms in total. The minimum atomic E-state index is -0.723. The molecule has 3 fully saturated rings. The van der Waals surface area contributed by atoms with E-state index in [4.69, 9.17) is 0 Å². The van der Waals surface area contributed by atoms with Gasteiger partial charge in [-0.15, -0.1) is 24.9 Å². The molecule has 3 unspecified atom stereocenters. The zero-order chi connectivity index (χ0) is 29.9. The average Bonchev–Trinajstić information content (AvgIpc) is 3.55. The molecule has 4 rings (SSSR count). The monoisotopic (exact) mass is 646 g/mol. The number of unbranched alkanes of at least 4 members (excludes halogenated alkanes) is 1. The quantitative estimate of drug-likeness (QED) is 0.187. The van der Waals surface area contributed by atoms with Gasteiger partial charge in [-0.05, 0) is 57.4 Å². The topological polar surface area (TPSA) is 84.4 Å². The van der Waals surface area contributed by atoms with Crippen LogP contribution in [-0.4, -0.2) is 99.9 Å². The third-order valence-electron chi connectivity index (χ3n) is 8.76. The summed E-state index contributed by atoms with van der Waals surface area (Å²) in [5.74, 6) is -1.46. The summed E-state index contributed by atoms with van der Waals surface area (Å²) in [4.78, 5) is 50.0. The van der Waals surface area contributed by atoms with Gasteiger partial charge in [-0.25, -0.2) is 0 Å². The lowest BCUT2D eigenvalue weighted by Crippen LogP contribution is -2.56. The number of benzene rings is 1. The molecule has 3 aliphatic rings. The number of carbonyl (C=O) groups excluding carboxylic acids is 3. The van der Waals surface area contributed by atoms with Crippen molar-refractivity contribution in [2.24, 2.45) is 11.8 Å². The first-order chi connectivity index (χ1) is 19.7. The van der Waals surface area contributed by atoms with E-state index >= 15 is 0 Å². The van der Waals surface area contributed by atoms with Crippen molar-refractivity contribution in [3.05, 3.63) is 49.6 Å². The highest BCUT2D eigenvalue weighted by Gasteiger charge is 2.75. The Balaban J connectivity index is 1.75. The molecule has 1 aromatic carbocycles. The molecule has 224 valence electrons. The van der Waals surface area contributed by atoms with Crippen molar-refractivity contribution in [2.45, 2.75) is 54.0 Å². The third kappa shape index (κ3) is 5.59. The molecule has 3 amide bonds. The molecule has 10 heteroatoms. The van der Waals surface area contributed by atoms with Crippen LogP contribution in [0.4, 0.5) is 11.4 Å². The lowest BCUT2D eigenvalue weighted by atomic mass is 9.70. The zero-order valence-corrected chi connectivity index (χ0v) is 26.8. The van der Waals surface area contributed by atoms with Gasteiger partial charge >= 0.3 is 0 Å². The van der Waals surface area contributed by atoms with Crippen molar-refractivity contribution in [2.75, 3.05) is 56.2 Å². The average molecular weight is 648 g/mol. The van der Waals surface area contributed by atoms with Crippen LogP contribution in [0.15, 0.2) is 49.6 Å². The summed E-state index contributed by atoms with van der Waals surface area (Å²) < 4.78 is -0.720. The number of alkyl halides is 1. The number of thioether (sulfide) groups is 1. The number of hydrogen-bond donors (Lipinski definition) is 1. The highest BCUT2D eigenvalue weighted by molar-refractivity contribution is 9.09. The molecule has 0 saturated carbocycles. The van der Waals surface area contributed by atoms with Gasteiger partial charge in [-0.3, -0.25) is 14.4 Å². The maximum atomic E-state index is 14.7. The van der Waals surface area contributed by atoms with Crippen molar-refractivity contribution < 1.29 is 19.5 Å². The summed E-state index contributed by atoms with van der Waals surface area (Å²) in [7, 11) is 1.74. The summed E-state index contributed by atoms with van der Waals surface area (Å²) >= 11 is 5.47. The largest absolute Gasteiger partial charge is 0.396 e. The summed E-state index contributed by atoms with van der Waals surface area (Å²) in [5, 5.41) is 9.35. The Hall–Kier alpha value is -2.30. The van der Waals surface area contributed by atoms with Gasteiger partial charge in [0.1, 0.15) is 6.04 Å². The van der Waals surface area contributed by atoms with Gasteiger partial charge in [0.15, 0.2) is 0 Å². The van der Waals surface area contributed by atoms with Crippen molar-refractivity contribution >= 4 is 56.8 Å². The number of likely N-dealkylation sites (N-methyl/N-ethyl adjacent to an activating group) is 1. The van der Waals surface area contributed by atoms with Gasteiger partial charge in [0.25, 0.3) is 5.91 Å². The first-order valence-corrected chi connectivity index (χ1v) is 16.4. The van der Waals surface area contributed by atoms with Gasteiger partial charge in [0.2, 0.25) is 11.8 Å². The number of fused-ring (bicyclic) bond motifs is 1. The van der Waals surface area contributed by atoms with Crippen LogP contribution < -0.4 is 9.80 Å². The van der Waals surface area contributed by atoms with Crippen molar-refractivity contribution in [3.8, 4) is 0 Å². The molecule has 1 aromatic rings. The first-order valence-electron chi connectivity index (χ1n) is 14.6. The number of carbonyl (C=O) groups is 3. The SMILES string of the molecule is C=CCN(C)C(=O)[C@H]1[C@@H]2SC3(CC2Br)C(C(=O)N(CC=C)c2ccc(N(CC)CC)cc2)N(CCCCO)C(=O)[C@H]13. The van der Waals surface area contributed by atoms with Gasteiger partial charge in [-0.1, -0.05) is 28.1 Å². The molecule has 41 heavy (non-hydrogen) atoms. The van der Waals surface area contributed by atoms with Crippen molar-refractivity contribution in [1.82, 2.24) is 9.80 Å². The number of nitrogens with zero attached hydrogens (tertiary/aromatic N) is 4. The summed E-state index contributed by atoms with van der Waals surface area (Å²) in [5.41, 5.74) is 1.84. The van der Waals surface area contributed by atoms with E-state index in [1.54, 1.807) is 45.7 Å². The highest BCUT2D eigenvalue weighted by atomic mass is 79.9. The van der Waals surface area contributed by atoms with Crippen LogP contribution in [0.3, 0.4) is 0 Å². The number of anilines is 2. The van der Waals surface area contributed by atoms with Gasteiger partial charge in [0, 0.05) is 67.8 Å². The Bertz CT molecular complexity index is 1150. The molecule has 3 heterocycles. The van der Waals surface area contributed by atoms with Crippen molar-refractivity contribution in [1.29, 1.82) is 0 Å². The number of rotatable bonds is 14. The second-order valence-corrected chi connectivity index (χ2v) is 13.8. The Labute approximate surface area is 256 Å². The van der Waals surface area contributed by atoms with Gasteiger partial charge < -0.3 is 24.7 Å². The molecular formula is C31H43BrN4O4S. The van der Waals surface area contributed by atoms with E-state index in [-0.39, 0.29) is 34.4 Å². The highest BCUT2D eigenvalue weighted by Crippen LogP contribution is 2.68. The minimum absolute atomic E-state index is 0.0107. The molecule has 1 spiro atoms. The molecule has 3 saturated heterocycles. The van der Waals surface area contributed by atoms with E-state index in [1.165, 1.54) is 0 Å². The van der Waals surface area contributed by atoms with E-state index in [0.29, 0.717) is 38.9 Å². The first kappa shape index (κ1) is 31.6. The standard InChI is InChI=1S/C31H43BrN4O4S/c1-6-16-33(5)28(38)24-25-29(39)36(18-10-11-19-37)27(31(25)20-23(32)26(24)41-31)30(40)35(17-7-2)22-14-12-21(13-15-22)34(8-3)9-4/h6-7,12-15,23-27,37H,1-2,8-11,16-20H2,3-5H3/t23?,24-,25+,26-,27?,31?/m1/s1. The molecule has 0 aromatic heterocycles. The molecule has 1 N–H and O–H groups in total. The normalized spacial score (nSPS) is 28.0. The Morgan fingerprint density at radius 1 is 1.10 bits per heavy atom. The maximum Gasteiger partial charge on any atom is 0.251 e. The van der Waals surface area contributed by atoms with Crippen LogP contribution in [0.5, 0.6) is 0 Å². The summed E-state index contributed by atoms with van der Waals surface area (Å²) in [6.45, 7) is 14.8. The van der Waals surface area contributed by atoms with E-state index in [2.05, 4.69) is 47.8 Å².